The number of carbonyl (C=O) groups is 1. The van der Waals surface area contributed by atoms with Crippen LogP contribution in [0, 0.1) is 12.8 Å². The van der Waals surface area contributed by atoms with E-state index in [1.165, 1.54) is 23.3 Å². The van der Waals surface area contributed by atoms with Crippen LogP contribution >= 0.6 is 11.3 Å². The maximum Gasteiger partial charge on any atom is 0.261 e. The minimum atomic E-state index is 0.0418. The lowest BCUT2D eigenvalue weighted by Gasteiger charge is -2.15. The van der Waals surface area contributed by atoms with Gasteiger partial charge in [-0.1, -0.05) is 6.92 Å². The van der Waals surface area contributed by atoms with Crippen LogP contribution in [0.25, 0.3) is 0 Å². The topological polar surface area (TPSA) is 55.1 Å². The van der Waals surface area contributed by atoms with Crippen molar-refractivity contribution in [1.82, 2.24) is 5.32 Å². The third-order valence-corrected chi connectivity index (χ3v) is 4.71. The average molecular weight is 252 g/mol. The van der Waals surface area contributed by atoms with E-state index in [0.717, 1.165) is 11.3 Å². The average Bonchev–Trinajstić information content (AvgIpc) is 3.09. The van der Waals surface area contributed by atoms with Gasteiger partial charge >= 0.3 is 0 Å². The quantitative estimate of drug-likeness (QED) is 0.843. The summed E-state index contributed by atoms with van der Waals surface area (Å²) in [5.74, 6) is 0.649. The van der Waals surface area contributed by atoms with Gasteiger partial charge in [-0.05, 0) is 43.7 Å². The molecule has 1 atom stereocenters. The molecule has 1 amide bonds. The normalized spacial score (nSPS) is 16.9. The summed E-state index contributed by atoms with van der Waals surface area (Å²) in [6.07, 6.45) is 3.39. The van der Waals surface area contributed by atoms with Gasteiger partial charge in [0.1, 0.15) is 0 Å². The third-order valence-electron chi connectivity index (χ3n) is 3.33. The zero-order chi connectivity index (χ0) is 12.4. The van der Waals surface area contributed by atoms with E-state index in [-0.39, 0.29) is 11.9 Å². The molecule has 1 unspecified atom stereocenters. The number of amides is 1. The largest absolute Gasteiger partial charge is 0.347 e. The van der Waals surface area contributed by atoms with Gasteiger partial charge in [-0.25, -0.2) is 0 Å². The second kappa shape index (κ2) is 5.19. The predicted molar refractivity (Wildman–Crippen MR) is 71.5 cm³/mol. The van der Waals surface area contributed by atoms with E-state index in [1.807, 2.05) is 6.07 Å². The van der Waals surface area contributed by atoms with Crippen molar-refractivity contribution in [2.75, 3.05) is 6.54 Å². The van der Waals surface area contributed by atoms with Gasteiger partial charge in [0.15, 0.2) is 0 Å². The van der Waals surface area contributed by atoms with Crippen LogP contribution in [0.3, 0.4) is 0 Å². The molecular formula is C13H20N2OS. The molecule has 4 heteroatoms. The van der Waals surface area contributed by atoms with Gasteiger partial charge in [-0.2, -0.15) is 0 Å². The fourth-order valence-electron chi connectivity index (χ4n) is 2.09. The second-order valence-electron chi connectivity index (χ2n) is 4.72. The Labute approximate surface area is 106 Å². The molecule has 1 aliphatic carbocycles. The van der Waals surface area contributed by atoms with Gasteiger partial charge in [0.25, 0.3) is 5.91 Å². The first kappa shape index (κ1) is 12.6. The molecular weight excluding hydrogens is 232 g/mol. The Morgan fingerprint density at radius 2 is 2.35 bits per heavy atom. The first-order valence-corrected chi connectivity index (χ1v) is 7.07. The van der Waals surface area contributed by atoms with Gasteiger partial charge in [0, 0.05) is 17.5 Å². The van der Waals surface area contributed by atoms with Crippen LogP contribution in [0.1, 0.15) is 39.9 Å². The van der Waals surface area contributed by atoms with Crippen LogP contribution in [0.2, 0.25) is 0 Å². The molecule has 94 valence electrons. The van der Waals surface area contributed by atoms with Crippen molar-refractivity contribution in [2.24, 2.45) is 11.7 Å². The molecule has 1 fully saturated rings. The standard InChI is InChI=1S/C13H20N2OS/c1-3-11-8(2)6-12(17-11)13(16)15-10(7-14)9-4-5-9/h6,9-10H,3-5,7,14H2,1-2H3,(H,15,16). The lowest BCUT2D eigenvalue weighted by Crippen LogP contribution is -2.41. The first-order chi connectivity index (χ1) is 8.15. The van der Waals surface area contributed by atoms with Gasteiger partial charge in [-0.3, -0.25) is 4.79 Å². The van der Waals surface area contributed by atoms with Crippen molar-refractivity contribution in [3.63, 3.8) is 0 Å². The van der Waals surface area contributed by atoms with E-state index in [4.69, 9.17) is 5.73 Å². The molecule has 1 heterocycles. The summed E-state index contributed by atoms with van der Waals surface area (Å²) >= 11 is 1.60. The van der Waals surface area contributed by atoms with Crippen molar-refractivity contribution in [3.05, 3.63) is 21.4 Å². The van der Waals surface area contributed by atoms with Crippen molar-refractivity contribution in [3.8, 4) is 0 Å². The van der Waals surface area contributed by atoms with Crippen LogP contribution in [-0.4, -0.2) is 18.5 Å². The Kier molecular flexibility index (Phi) is 3.84. The number of carbonyl (C=O) groups excluding carboxylic acids is 1. The molecule has 17 heavy (non-hydrogen) atoms. The Bertz CT molecular complexity index is 410. The second-order valence-corrected chi connectivity index (χ2v) is 5.86. The summed E-state index contributed by atoms with van der Waals surface area (Å²) in [6.45, 7) is 4.72. The van der Waals surface area contributed by atoms with E-state index in [1.54, 1.807) is 11.3 Å². The van der Waals surface area contributed by atoms with Crippen LogP contribution in [-0.2, 0) is 6.42 Å². The molecule has 1 aromatic heterocycles. The number of nitrogens with one attached hydrogen (secondary N) is 1. The van der Waals surface area contributed by atoms with Crippen molar-refractivity contribution >= 4 is 17.2 Å². The minimum absolute atomic E-state index is 0.0418. The molecule has 2 rings (SSSR count). The smallest absolute Gasteiger partial charge is 0.261 e. The molecule has 3 N–H and O–H groups in total. The highest BCUT2D eigenvalue weighted by atomic mass is 32.1. The fraction of sp³-hybridized carbons (Fsp3) is 0.615. The van der Waals surface area contributed by atoms with Crippen molar-refractivity contribution in [2.45, 2.75) is 39.2 Å². The van der Waals surface area contributed by atoms with E-state index in [0.29, 0.717) is 12.5 Å². The van der Waals surface area contributed by atoms with Gasteiger partial charge in [-0.15, -0.1) is 11.3 Å². The molecule has 0 saturated heterocycles. The lowest BCUT2D eigenvalue weighted by atomic mass is 10.2. The fourth-order valence-corrected chi connectivity index (χ4v) is 3.11. The summed E-state index contributed by atoms with van der Waals surface area (Å²) in [5, 5.41) is 3.06. The molecule has 1 aromatic rings. The predicted octanol–water partition coefficient (Wildman–Crippen LogP) is 2.09. The summed E-state index contributed by atoms with van der Waals surface area (Å²) < 4.78 is 0. The molecule has 3 nitrogen and oxygen atoms in total. The first-order valence-electron chi connectivity index (χ1n) is 6.26. The number of rotatable bonds is 5. The van der Waals surface area contributed by atoms with Crippen LogP contribution in [0.5, 0.6) is 0 Å². The highest BCUT2D eigenvalue weighted by molar-refractivity contribution is 7.14. The van der Waals surface area contributed by atoms with Crippen LogP contribution in [0.4, 0.5) is 0 Å². The van der Waals surface area contributed by atoms with Gasteiger partial charge in [0.05, 0.1) is 4.88 Å². The SMILES string of the molecule is CCc1sc(C(=O)NC(CN)C2CC2)cc1C. The van der Waals surface area contributed by atoms with E-state index in [2.05, 4.69) is 19.2 Å². The number of aryl methyl sites for hydroxylation is 2. The Morgan fingerprint density at radius 3 is 2.82 bits per heavy atom. The van der Waals surface area contributed by atoms with Gasteiger partial charge < -0.3 is 11.1 Å². The summed E-state index contributed by atoms with van der Waals surface area (Å²) in [5.41, 5.74) is 6.91. The van der Waals surface area contributed by atoms with E-state index < -0.39 is 0 Å². The van der Waals surface area contributed by atoms with Crippen molar-refractivity contribution < 1.29 is 4.79 Å². The van der Waals surface area contributed by atoms with Crippen LogP contribution in [0.15, 0.2) is 6.07 Å². The summed E-state index contributed by atoms with van der Waals surface area (Å²) in [4.78, 5) is 14.2. The summed E-state index contributed by atoms with van der Waals surface area (Å²) in [6, 6.07) is 2.15. The zero-order valence-corrected chi connectivity index (χ0v) is 11.3. The molecule has 0 radical (unpaired) electrons. The zero-order valence-electron chi connectivity index (χ0n) is 10.5. The van der Waals surface area contributed by atoms with E-state index in [9.17, 15) is 4.79 Å². The van der Waals surface area contributed by atoms with Crippen LogP contribution < -0.4 is 11.1 Å². The maximum absolute atomic E-state index is 12.1. The Morgan fingerprint density at radius 1 is 1.65 bits per heavy atom. The Balaban J connectivity index is 2.02. The maximum atomic E-state index is 12.1. The van der Waals surface area contributed by atoms with Gasteiger partial charge in [0.2, 0.25) is 0 Å². The molecule has 0 bridgehead atoms. The monoisotopic (exact) mass is 252 g/mol. The molecule has 0 aliphatic heterocycles. The summed E-state index contributed by atoms with van der Waals surface area (Å²) in [7, 11) is 0. The van der Waals surface area contributed by atoms with E-state index >= 15 is 0 Å². The number of nitrogens with two attached hydrogens (primary N) is 1. The number of hydrogen-bond donors (Lipinski definition) is 2. The molecule has 1 aliphatic rings. The number of hydrogen-bond acceptors (Lipinski definition) is 3. The lowest BCUT2D eigenvalue weighted by molar-refractivity contribution is 0.0937. The molecule has 1 saturated carbocycles. The highest BCUT2D eigenvalue weighted by Gasteiger charge is 2.31. The highest BCUT2D eigenvalue weighted by Crippen LogP contribution is 2.32. The van der Waals surface area contributed by atoms with Crippen molar-refractivity contribution in [1.29, 1.82) is 0 Å². The number of thiophene rings is 1. The Hall–Kier alpha value is -0.870. The molecule has 0 aromatic carbocycles. The minimum Gasteiger partial charge on any atom is -0.347 e. The molecule has 0 spiro atoms. The third kappa shape index (κ3) is 2.87.